The molecular formula is C10H12ClFN2O. The van der Waals surface area contributed by atoms with Gasteiger partial charge >= 0.3 is 6.03 Å². The van der Waals surface area contributed by atoms with Gasteiger partial charge in [0.1, 0.15) is 5.82 Å². The van der Waals surface area contributed by atoms with Crippen LogP contribution in [0.25, 0.3) is 0 Å². The van der Waals surface area contributed by atoms with E-state index in [2.05, 4.69) is 5.32 Å². The molecule has 0 spiro atoms. The number of carbonyl (C=O) groups is 1. The SMILES string of the molecule is CN(CCCl)C(=O)Nc1ccc(F)cc1. The van der Waals surface area contributed by atoms with E-state index in [1.54, 1.807) is 7.05 Å². The van der Waals surface area contributed by atoms with Crippen LogP contribution in [0.1, 0.15) is 0 Å². The first-order chi connectivity index (χ1) is 7.13. The summed E-state index contributed by atoms with van der Waals surface area (Å²) in [7, 11) is 1.64. The number of urea groups is 1. The van der Waals surface area contributed by atoms with E-state index in [0.717, 1.165) is 0 Å². The minimum Gasteiger partial charge on any atom is -0.326 e. The maximum atomic E-state index is 12.6. The van der Waals surface area contributed by atoms with E-state index in [0.29, 0.717) is 18.1 Å². The Hall–Kier alpha value is -1.29. The van der Waals surface area contributed by atoms with Crippen molar-refractivity contribution >= 4 is 23.3 Å². The van der Waals surface area contributed by atoms with Gasteiger partial charge in [0.15, 0.2) is 0 Å². The normalized spacial score (nSPS) is 9.80. The molecule has 2 amide bonds. The number of amides is 2. The largest absolute Gasteiger partial charge is 0.326 e. The van der Waals surface area contributed by atoms with E-state index in [1.165, 1.54) is 29.2 Å². The Morgan fingerprint density at radius 3 is 2.60 bits per heavy atom. The zero-order valence-electron chi connectivity index (χ0n) is 8.34. The number of rotatable bonds is 3. The summed E-state index contributed by atoms with van der Waals surface area (Å²) in [4.78, 5) is 12.9. The smallest absolute Gasteiger partial charge is 0.321 e. The van der Waals surface area contributed by atoms with Crippen LogP contribution >= 0.6 is 11.6 Å². The van der Waals surface area contributed by atoms with Crippen LogP contribution in [0.2, 0.25) is 0 Å². The van der Waals surface area contributed by atoms with Crippen molar-refractivity contribution in [1.82, 2.24) is 4.90 Å². The van der Waals surface area contributed by atoms with Gasteiger partial charge in [-0.1, -0.05) is 0 Å². The van der Waals surface area contributed by atoms with Gasteiger partial charge in [0.2, 0.25) is 0 Å². The third kappa shape index (κ3) is 3.75. The Kier molecular flexibility index (Phi) is 4.37. The minimum atomic E-state index is -0.331. The van der Waals surface area contributed by atoms with Crippen LogP contribution in [0, 0.1) is 5.82 Å². The molecule has 0 saturated carbocycles. The highest BCUT2D eigenvalue weighted by Crippen LogP contribution is 2.08. The lowest BCUT2D eigenvalue weighted by atomic mass is 10.3. The molecule has 1 aromatic rings. The molecule has 1 rings (SSSR count). The quantitative estimate of drug-likeness (QED) is 0.796. The maximum Gasteiger partial charge on any atom is 0.321 e. The van der Waals surface area contributed by atoms with Crippen LogP contribution < -0.4 is 5.32 Å². The van der Waals surface area contributed by atoms with Crippen molar-refractivity contribution in [1.29, 1.82) is 0 Å². The molecule has 3 nitrogen and oxygen atoms in total. The number of halogens is 2. The van der Waals surface area contributed by atoms with E-state index in [1.807, 2.05) is 0 Å². The minimum absolute atomic E-state index is 0.262. The molecule has 0 unspecified atom stereocenters. The number of nitrogens with zero attached hydrogens (tertiary/aromatic N) is 1. The summed E-state index contributed by atoms with van der Waals surface area (Å²) in [6.07, 6.45) is 0. The molecule has 0 aliphatic heterocycles. The third-order valence-corrected chi connectivity index (χ3v) is 2.03. The Balaban J connectivity index is 2.54. The highest BCUT2D eigenvalue weighted by Gasteiger charge is 2.07. The fraction of sp³-hybridized carbons (Fsp3) is 0.300. The lowest BCUT2D eigenvalue weighted by molar-refractivity contribution is 0.225. The number of nitrogens with one attached hydrogen (secondary N) is 1. The number of hydrogen-bond donors (Lipinski definition) is 1. The Morgan fingerprint density at radius 2 is 2.07 bits per heavy atom. The van der Waals surface area contributed by atoms with E-state index < -0.39 is 0 Å². The first-order valence-electron chi connectivity index (χ1n) is 4.47. The second-order valence-electron chi connectivity index (χ2n) is 3.05. The molecule has 0 fully saturated rings. The van der Waals surface area contributed by atoms with Crippen LogP contribution in [0.3, 0.4) is 0 Å². The van der Waals surface area contributed by atoms with Gasteiger partial charge in [-0.05, 0) is 24.3 Å². The molecule has 1 aromatic carbocycles. The molecule has 0 aliphatic rings. The lowest BCUT2D eigenvalue weighted by Gasteiger charge is -2.16. The predicted molar refractivity (Wildman–Crippen MR) is 58.8 cm³/mol. The molecular weight excluding hydrogens is 219 g/mol. The van der Waals surface area contributed by atoms with Gasteiger partial charge in [-0.25, -0.2) is 9.18 Å². The number of carbonyl (C=O) groups excluding carboxylic acids is 1. The van der Waals surface area contributed by atoms with Crippen LogP contribution in [0.5, 0.6) is 0 Å². The standard InChI is InChI=1S/C10H12ClFN2O/c1-14(7-6-11)10(15)13-9-4-2-8(12)3-5-9/h2-5H,6-7H2,1H3,(H,13,15). The molecule has 5 heteroatoms. The molecule has 0 aromatic heterocycles. The van der Waals surface area contributed by atoms with Crippen molar-refractivity contribution < 1.29 is 9.18 Å². The summed E-state index contributed by atoms with van der Waals surface area (Å²) in [5.74, 6) is 0.0509. The van der Waals surface area contributed by atoms with Crippen molar-refractivity contribution in [2.75, 3.05) is 24.8 Å². The molecule has 0 aliphatic carbocycles. The van der Waals surface area contributed by atoms with E-state index in [9.17, 15) is 9.18 Å². The van der Waals surface area contributed by atoms with Gasteiger partial charge in [0.05, 0.1) is 0 Å². The van der Waals surface area contributed by atoms with Crippen LogP contribution in [-0.4, -0.2) is 30.4 Å². The molecule has 82 valence electrons. The van der Waals surface area contributed by atoms with Crippen molar-refractivity contribution in [3.8, 4) is 0 Å². The van der Waals surface area contributed by atoms with Gasteiger partial charge < -0.3 is 10.2 Å². The monoisotopic (exact) mass is 230 g/mol. The fourth-order valence-corrected chi connectivity index (χ4v) is 1.23. The average Bonchev–Trinajstić information content (AvgIpc) is 2.22. The van der Waals surface area contributed by atoms with E-state index >= 15 is 0 Å². The average molecular weight is 231 g/mol. The molecule has 0 bridgehead atoms. The predicted octanol–water partition coefficient (Wildman–Crippen LogP) is 2.53. The summed E-state index contributed by atoms with van der Waals surface area (Å²) in [5, 5.41) is 2.62. The van der Waals surface area contributed by atoms with Gasteiger partial charge in [0, 0.05) is 25.2 Å². The van der Waals surface area contributed by atoms with Crippen LogP contribution in [0.15, 0.2) is 24.3 Å². The summed E-state index contributed by atoms with van der Waals surface area (Å²) in [6, 6.07) is 5.32. The summed E-state index contributed by atoms with van der Waals surface area (Å²) < 4.78 is 12.6. The summed E-state index contributed by atoms with van der Waals surface area (Å²) in [5.41, 5.74) is 0.558. The van der Waals surface area contributed by atoms with Crippen molar-refractivity contribution in [2.45, 2.75) is 0 Å². The van der Waals surface area contributed by atoms with Crippen molar-refractivity contribution in [3.05, 3.63) is 30.1 Å². The fourth-order valence-electron chi connectivity index (χ4n) is 0.980. The molecule has 0 heterocycles. The molecule has 0 saturated heterocycles. The molecule has 1 N–H and O–H groups in total. The first-order valence-corrected chi connectivity index (χ1v) is 5.00. The van der Waals surface area contributed by atoms with Crippen molar-refractivity contribution in [2.24, 2.45) is 0 Å². The highest BCUT2D eigenvalue weighted by atomic mass is 35.5. The van der Waals surface area contributed by atoms with Gasteiger partial charge in [-0.2, -0.15) is 0 Å². The van der Waals surface area contributed by atoms with Crippen LogP contribution in [-0.2, 0) is 0 Å². The topological polar surface area (TPSA) is 32.3 Å². The Bertz CT molecular complexity index is 329. The maximum absolute atomic E-state index is 12.6. The number of alkyl halides is 1. The summed E-state index contributed by atoms with van der Waals surface area (Å²) >= 11 is 5.49. The Labute approximate surface area is 92.8 Å². The summed E-state index contributed by atoms with van der Waals surface area (Å²) in [6.45, 7) is 0.467. The zero-order chi connectivity index (χ0) is 11.3. The van der Waals surface area contributed by atoms with Gasteiger partial charge in [0.25, 0.3) is 0 Å². The van der Waals surface area contributed by atoms with Crippen molar-refractivity contribution in [3.63, 3.8) is 0 Å². The number of benzene rings is 1. The zero-order valence-corrected chi connectivity index (χ0v) is 9.09. The molecule has 15 heavy (non-hydrogen) atoms. The van der Waals surface area contributed by atoms with E-state index in [-0.39, 0.29) is 11.8 Å². The Morgan fingerprint density at radius 1 is 1.47 bits per heavy atom. The first kappa shape index (κ1) is 11.8. The molecule has 0 atom stereocenters. The lowest BCUT2D eigenvalue weighted by Crippen LogP contribution is -2.32. The third-order valence-electron chi connectivity index (χ3n) is 1.86. The van der Waals surface area contributed by atoms with Crippen LogP contribution in [0.4, 0.5) is 14.9 Å². The number of hydrogen-bond acceptors (Lipinski definition) is 1. The number of anilines is 1. The van der Waals surface area contributed by atoms with E-state index in [4.69, 9.17) is 11.6 Å². The van der Waals surface area contributed by atoms with Gasteiger partial charge in [-0.3, -0.25) is 0 Å². The highest BCUT2D eigenvalue weighted by molar-refractivity contribution is 6.18. The second kappa shape index (κ2) is 5.56. The second-order valence-corrected chi connectivity index (χ2v) is 3.43. The molecule has 0 radical (unpaired) electrons. The van der Waals surface area contributed by atoms with Gasteiger partial charge in [-0.15, -0.1) is 11.6 Å².